The summed E-state index contributed by atoms with van der Waals surface area (Å²) in [5.41, 5.74) is -0.0613. The van der Waals surface area contributed by atoms with E-state index in [2.05, 4.69) is 19.2 Å². The smallest absolute Gasteiger partial charge is 0.332 e. The number of benzene rings is 1. The molecule has 1 N–H and O–H groups in total. The molecule has 1 unspecified atom stereocenters. The molecule has 1 aliphatic rings. The van der Waals surface area contributed by atoms with Crippen molar-refractivity contribution in [1.29, 1.82) is 0 Å². The first-order chi connectivity index (χ1) is 9.97. The lowest BCUT2D eigenvalue weighted by atomic mass is 9.63. The van der Waals surface area contributed by atoms with E-state index in [-0.39, 0.29) is 11.4 Å². The van der Waals surface area contributed by atoms with Gasteiger partial charge >= 0.3 is 5.97 Å². The van der Waals surface area contributed by atoms with E-state index in [1.807, 2.05) is 24.3 Å². The molecule has 0 saturated heterocycles. The van der Waals surface area contributed by atoms with E-state index in [4.69, 9.17) is 9.47 Å². The highest BCUT2D eigenvalue weighted by molar-refractivity contribution is 5.86. The zero-order valence-corrected chi connectivity index (χ0v) is 13.4. The summed E-state index contributed by atoms with van der Waals surface area (Å²) in [6, 6.07) is 7.68. The Hall–Kier alpha value is -1.71. The summed E-state index contributed by atoms with van der Waals surface area (Å²) >= 11 is 0. The number of carbonyl (C=O) groups excluding carboxylic acids is 1. The zero-order valence-electron chi connectivity index (χ0n) is 13.4. The summed E-state index contributed by atoms with van der Waals surface area (Å²) in [5, 5.41) is 3.46. The summed E-state index contributed by atoms with van der Waals surface area (Å²) in [7, 11) is 3.09. The summed E-state index contributed by atoms with van der Waals surface area (Å²) in [6.07, 6.45) is 3.91. The SMILES string of the molecule is COC(=O)C1(Nc2ccccc2OC)CCCCC1(C)C. The molecule has 1 aromatic rings. The average Bonchev–Trinajstić information content (AvgIpc) is 2.49. The molecule has 0 bridgehead atoms. The molecule has 0 aromatic heterocycles. The summed E-state index contributed by atoms with van der Waals surface area (Å²) < 4.78 is 10.5. The van der Waals surface area contributed by atoms with E-state index in [1.165, 1.54) is 7.11 Å². The van der Waals surface area contributed by atoms with Crippen LogP contribution in [0.15, 0.2) is 24.3 Å². The van der Waals surface area contributed by atoms with Gasteiger partial charge in [0.25, 0.3) is 0 Å². The van der Waals surface area contributed by atoms with Crippen molar-refractivity contribution in [3.8, 4) is 5.75 Å². The molecule has 1 saturated carbocycles. The third-order valence-corrected chi connectivity index (χ3v) is 4.75. The molecule has 0 aliphatic heterocycles. The van der Waals surface area contributed by atoms with E-state index in [1.54, 1.807) is 7.11 Å². The van der Waals surface area contributed by atoms with E-state index in [0.29, 0.717) is 0 Å². The van der Waals surface area contributed by atoms with E-state index >= 15 is 0 Å². The van der Waals surface area contributed by atoms with Crippen molar-refractivity contribution in [3.63, 3.8) is 0 Å². The highest BCUT2D eigenvalue weighted by Gasteiger charge is 2.53. The summed E-state index contributed by atoms with van der Waals surface area (Å²) in [4.78, 5) is 12.6. The van der Waals surface area contributed by atoms with Gasteiger partial charge in [0.2, 0.25) is 0 Å². The molecule has 2 rings (SSSR count). The Bertz CT molecular complexity index is 513. The minimum absolute atomic E-state index is 0.181. The minimum atomic E-state index is -0.714. The Labute approximate surface area is 126 Å². The van der Waals surface area contributed by atoms with Gasteiger partial charge in [-0.25, -0.2) is 4.79 Å². The first-order valence-electron chi connectivity index (χ1n) is 7.46. The lowest BCUT2D eigenvalue weighted by molar-refractivity contribution is -0.152. The van der Waals surface area contributed by atoms with Gasteiger partial charge in [0, 0.05) is 0 Å². The average molecular weight is 291 g/mol. The van der Waals surface area contributed by atoms with E-state index in [0.717, 1.165) is 37.1 Å². The molecule has 1 aliphatic carbocycles. The number of ether oxygens (including phenoxy) is 2. The van der Waals surface area contributed by atoms with Crippen molar-refractivity contribution in [3.05, 3.63) is 24.3 Å². The molecule has 1 atom stereocenters. The minimum Gasteiger partial charge on any atom is -0.495 e. The third kappa shape index (κ3) is 2.71. The number of anilines is 1. The number of para-hydroxylation sites is 2. The van der Waals surface area contributed by atoms with Crippen LogP contribution in [0.3, 0.4) is 0 Å². The first kappa shape index (κ1) is 15.7. The second-order valence-corrected chi connectivity index (χ2v) is 6.31. The fraction of sp³-hybridized carbons (Fsp3) is 0.588. The van der Waals surface area contributed by atoms with Gasteiger partial charge in [-0.2, -0.15) is 0 Å². The van der Waals surface area contributed by atoms with Crippen molar-refractivity contribution in [1.82, 2.24) is 0 Å². The molecule has 0 heterocycles. The highest BCUT2D eigenvalue weighted by Crippen LogP contribution is 2.47. The van der Waals surface area contributed by atoms with Crippen LogP contribution in [-0.4, -0.2) is 25.7 Å². The topological polar surface area (TPSA) is 47.6 Å². The van der Waals surface area contributed by atoms with Crippen molar-refractivity contribution in [2.24, 2.45) is 5.41 Å². The third-order valence-electron chi connectivity index (χ3n) is 4.75. The van der Waals surface area contributed by atoms with Gasteiger partial charge in [0.05, 0.1) is 19.9 Å². The molecule has 1 fully saturated rings. The molecule has 0 radical (unpaired) electrons. The number of methoxy groups -OCH3 is 2. The predicted molar refractivity (Wildman–Crippen MR) is 83.6 cm³/mol. The first-order valence-corrected chi connectivity index (χ1v) is 7.46. The Balaban J connectivity index is 2.44. The monoisotopic (exact) mass is 291 g/mol. The molecule has 0 amide bonds. The summed E-state index contributed by atoms with van der Waals surface area (Å²) in [6.45, 7) is 4.26. The molecule has 116 valence electrons. The second-order valence-electron chi connectivity index (χ2n) is 6.31. The van der Waals surface area contributed by atoms with Crippen LogP contribution in [0.2, 0.25) is 0 Å². The second kappa shape index (κ2) is 5.96. The molecule has 4 heteroatoms. The quantitative estimate of drug-likeness (QED) is 0.861. The van der Waals surface area contributed by atoms with Gasteiger partial charge in [-0.3, -0.25) is 0 Å². The van der Waals surface area contributed by atoms with E-state index in [9.17, 15) is 4.79 Å². The van der Waals surface area contributed by atoms with Crippen molar-refractivity contribution >= 4 is 11.7 Å². The van der Waals surface area contributed by atoms with Crippen LogP contribution in [0.5, 0.6) is 5.75 Å². The maximum Gasteiger partial charge on any atom is 0.332 e. The van der Waals surface area contributed by atoms with Crippen molar-refractivity contribution < 1.29 is 14.3 Å². The van der Waals surface area contributed by atoms with Crippen molar-refractivity contribution in [2.75, 3.05) is 19.5 Å². The number of nitrogens with one attached hydrogen (secondary N) is 1. The zero-order chi connectivity index (χ0) is 15.5. The summed E-state index contributed by atoms with van der Waals surface area (Å²) in [5.74, 6) is 0.542. The van der Waals surface area contributed by atoms with Crippen LogP contribution < -0.4 is 10.1 Å². The van der Waals surface area contributed by atoms with Gasteiger partial charge in [-0.15, -0.1) is 0 Å². The molecule has 21 heavy (non-hydrogen) atoms. The Morgan fingerprint density at radius 2 is 1.81 bits per heavy atom. The predicted octanol–water partition coefficient (Wildman–Crippen LogP) is 3.62. The van der Waals surface area contributed by atoms with Crippen LogP contribution in [0.1, 0.15) is 39.5 Å². The van der Waals surface area contributed by atoms with Crippen LogP contribution in [0.4, 0.5) is 5.69 Å². The maximum atomic E-state index is 12.6. The molecule has 4 nitrogen and oxygen atoms in total. The fourth-order valence-corrected chi connectivity index (χ4v) is 3.32. The van der Waals surface area contributed by atoms with E-state index < -0.39 is 5.54 Å². The van der Waals surface area contributed by atoms with Gasteiger partial charge in [0.15, 0.2) is 0 Å². The number of rotatable bonds is 4. The van der Waals surface area contributed by atoms with Crippen molar-refractivity contribution in [2.45, 2.75) is 45.1 Å². The fourth-order valence-electron chi connectivity index (χ4n) is 3.32. The van der Waals surface area contributed by atoms with Gasteiger partial charge in [-0.05, 0) is 30.4 Å². The lowest BCUT2D eigenvalue weighted by Gasteiger charge is -2.48. The molecule has 1 aromatic carbocycles. The Morgan fingerprint density at radius 3 is 2.43 bits per heavy atom. The van der Waals surface area contributed by atoms with Gasteiger partial charge in [-0.1, -0.05) is 38.8 Å². The highest BCUT2D eigenvalue weighted by atomic mass is 16.5. The lowest BCUT2D eigenvalue weighted by Crippen LogP contribution is -2.59. The molecular formula is C17H25NO3. The van der Waals surface area contributed by atoms with Crippen LogP contribution >= 0.6 is 0 Å². The van der Waals surface area contributed by atoms with Crippen LogP contribution in [0.25, 0.3) is 0 Å². The number of carbonyl (C=O) groups is 1. The number of hydrogen-bond acceptors (Lipinski definition) is 4. The van der Waals surface area contributed by atoms with Gasteiger partial charge < -0.3 is 14.8 Å². The molecule has 0 spiro atoms. The standard InChI is InChI=1S/C17H25NO3/c1-16(2)11-7-8-12-17(16,15(19)21-4)18-13-9-5-6-10-14(13)20-3/h5-6,9-10,18H,7-8,11-12H2,1-4H3. The Kier molecular flexibility index (Phi) is 4.45. The number of esters is 1. The van der Waals surface area contributed by atoms with Gasteiger partial charge in [0.1, 0.15) is 11.3 Å². The largest absolute Gasteiger partial charge is 0.495 e. The van der Waals surface area contributed by atoms with Crippen LogP contribution in [-0.2, 0) is 9.53 Å². The maximum absolute atomic E-state index is 12.6. The molecular weight excluding hydrogens is 266 g/mol. The normalized spacial score (nSPS) is 24.2. The number of hydrogen-bond donors (Lipinski definition) is 1. The van der Waals surface area contributed by atoms with Crippen LogP contribution in [0, 0.1) is 5.41 Å². The Morgan fingerprint density at radius 1 is 1.14 bits per heavy atom.